The lowest BCUT2D eigenvalue weighted by atomic mass is 9.46. The number of hydrogen-bond donors (Lipinski definition) is 0. The number of fused-ring (bicyclic) bond motifs is 5. The maximum absolute atomic E-state index is 12.7. The molecule has 1 aromatic rings. The van der Waals surface area contributed by atoms with E-state index < -0.39 is 11.4 Å². The van der Waals surface area contributed by atoms with Gasteiger partial charge in [0.05, 0.1) is 24.7 Å². The molecule has 0 amide bonds. The molecule has 0 aromatic heterocycles. The van der Waals surface area contributed by atoms with Crippen LogP contribution in [0.15, 0.2) is 30.3 Å². The first-order chi connectivity index (χ1) is 17.8. The Balaban J connectivity index is 1.20. The molecule has 6 nitrogen and oxygen atoms in total. The van der Waals surface area contributed by atoms with E-state index in [4.69, 9.17) is 18.9 Å². The van der Waals surface area contributed by atoms with E-state index in [1.165, 1.54) is 0 Å². The van der Waals surface area contributed by atoms with Crippen LogP contribution in [0.2, 0.25) is 0 Å². The van der Waals surface area contributed by atoms with Crippen LogP contribution in [0.3, 0.4) is 0 Å². The van der Waals surface area contributed by atoms with Crippen molar-refractivity contribution < 1.29 is 28.5 Å². The molecule has 202 valence electrons. The average molecular weight is 511 g/mol. The molecule has 1 aromatic carbocycles. The second-order valence-electron chi connectivity index (χ2n) is 12.8. The van der Waals surface area contributed by atoms with Gasteiger partial charge in [-0.2, -0.15) is 0 Å². The Labute approximate surface area is 220 Å². The second-order valence-corrected chi connectivity index (χ2v) is 12.8. The third kappa shape index (κ3) is 4.14. The Bertz CT molecular complexity index is 1020. The van der Waals surface area contributed by atoms with Crippen LogP contribution in [0.5, 0.6) is 0 Å². The van der Waals surface area contributed by atoms with Gasteiger partial charge >= 0.3 is 11.9 Å². The van der Waals surface area contributed by atoms with E-state index in [9.17, 15) is 9.59 Å². The predicted molar refractivity (Wildman–Crippen MR) is 138 cm³/mol. The van der Waals surface area contributed by atoms with Crippen LogP contribution in [-0.4, -0.2) is 42.6 Å². The van der Waals surface area contributed by atoms with Crippen molar-refractivity contribution in [1.82, 2.24) is 0 Å². The fourth-order valence-corrected chi connectivity index (χ4v) is 9.64. The van der Waals surface area contributed by atoms with Crippen molar-refractivity contribution in [1.29, 1.82) is 0 Å². The first kappa shape index (κ1) is 25.4. The van der Waals surface area contributed by atoms with Gasteiger partial charge in [0.15, 0.2) is 5.79 Å². The summed E-state index contributed by atoms with van der Waals surface area (Å²) in [6.07, 6.45) is 9.29. The molecule has 0 radical (unpaired) electrons. The molecule has 1 saturated heterocycles. The van der Waals surface area contributed by atoms with Crippen molar-refractivity contribution in [2.24, 2.45) is 35.0 Å². The molecule has 4 aliphatic carbocycles. The SMILES string of the molecule is CC(=O)OC12CCC3C(CCC4CC(OC(=O)c5ccccc5)CCC43C)C1CCC2C1(C)OCCO1. The first-order valence-corrected chi connectivity index (χ1v) is 14.5. The molecule has 1 heterocycles. The van der Waals surface area contributed by atoms with Crippen molar-refractivity contribution in [2.75, 3.05) is 13.2 Å². The van der Waals surface area contributed by atoms with Crippen LogP contribution < -0.4 is 0 Å². The Morgan fingerprint density at radius 1 is 0.892 bits per heavy atom. The number of esters is 2. The fourth-order valence-electron chi connectivity index (χ4n) is 9.64. The van der Waals surface area contributed by atoms with Gasteiger partial charge in [-0.1, -0.05) is 25.1 Å². The summed E-state index contributed by atoms with van der Waals surface area (Å²) in [5.74, 6) is 1.11. The van der Waals surface area contributed by atoms with Crippen LogP contribution in [0, 0.1) is 35.0 Å². The van der Waals surface area contributed by atoms with Gasteiger partial charge in [-0.15, -0.1) is 0 Å². The van der Waals surface area contributed by atoms with Crippen LogP contribution >= 0.6 is 0 Å². The standard InChI is InChI=1S/C31H42O6/c1-20(32)37-31-16-14-25-24(26(31)11-12-27(31)30(3)34-17-18-35-30)10-9-22-19-23(13-15-29(22,25)2)36-28(33)21-7-5-4-6-8-21/h4-8,22-27H,9-19H2,1-3H3. The zero-order valence-electron chi connectivity index (χ0n) is 22.6. The lowest BCUT2D eigenvalue weighted by Gasteiger charge is -2.61. The van der Waals surface area contributed by atoms with Crippen molar-refractivity contribution in [3.63, 3.8) is 0 Å². The molecular weight excluding hydrogens is 468 g/mol. The first-order valence-electron chi connectivity index (χ1n) is 14.5. The van der Waals surface area contributed by atoms with Crippen LogP contribution in [0.4, 0.5) is 0 Å². The maximum atomic E-state index is 12.7. The van der Waals surface area contributed by atoms with E-state index in [1.807, 2.05) is 30.3 Å². The molecule has 6 rings (SSSR count). The Hall–Kier alpha value is -1.92. The highest BCUT2D eigenvalue weighted by atomic mass is 16.7. The third-order valence-corrected chi connectivity index (χ3v) is 11.2. The summed E-state index contributed by atoms with van der Waals surface area (Å²) in [7, 11) is 0. The van der Waals surface area contributed by atoms with E-state index in [0.29, 0.717) is 42.4 Å². The molecule has 4 saturated carbocycles. The molecule has 0 bridgehead atoms. The minimum Gasteiger partial charge on any atom is -0.459 e. The Morgan fingerprint density at radius 2 is 1.65 bits per heavy atom. The highest BCUT2D eigenvalue weighted by Gasteiger charge is 2.67. The maximum Gasteiger partial charge on any atom is 0.338 e. The highest BCUT2D eigenvalue weighted by Crippen LogP contribution is 2.67. The van der Waals surface area contributed by atoms with Gasteiger partial charge in [0.1, 0.15) is 11.7 Å². The number of ether oxygens (including phenoxy) is 4. The van der Waals surface area contributed by atoms with Crippen LogP contribution in [-0.2, 0) is 23.7 Å². The van der Waals surface area contributed by atoms with Gasteiger partial charge in [0.2, 0.25) is 0 Å². The molecule has 37 heavy (non-hydrogen) atoms. The van der Waals surface area contributed by atoms with Gasteiger partial charge in [-0.3, -0.25) is 4.79 Å². The van der Waals surface area contributed by atoms with Gasteiger partial charge in [0, 0.05) is 12.8 Å². The summed E-state index contributed by atoms with van der Waals surface area (Å²) in [6.45, 7) is 7.33. The Morgan fingerprint density at radius 3 is 2.38 bits per heavy atom. The summed E-state index contributed by atoms with van der Waals surface area (Å²) in [5.41, 5.74) is 0.384. The summed E-state index contributed by atoms with van der Waals surface area (Å²) in [4.78, 5) is 25.2. The summed E-state index contributed by atoms with van der Waals surface area (Å²) >= 11 is 0. The zero-order valence-corrected chi connectivity index (χ0v) is 22.6. The quantitative estimate of drug-likeness (QED) is 0.468. The number of carbonyl (C=O) groups excluding carboxylic acids is 2. The van der Waals surface area contributed by atoms with Crippen LogP contribution in [0.25, 0.3) is 0 Å². The summed E-state index contributed by atoms with van der Waals surface area (Å²) in [6, 6.07) is 9.34. The fraction of sp³-hybridized carbons (Fsp3) is 0.742. The Kier molecular flexibility index (Phi) is 6.42. The summed E-state index contributed by atoms with van der Waals surface area (Å²) < 4.78 is 24.6. The topological polar surface area (TPSA) is 71.1 Å². The minimum absolute atomic E-state index is 0.00136. The number of rotatable bonds is 4. The van der Waals surface area contributed by atoms with E-state index in [-0.39, 0.29) is 29.4 Å². The zero-order chi connectivity index (χ0) is 25.8. The number of hydrogen-bond acceptors (Lipinski definition) is 6. The third-order valence-electron chi connectivity index (χ3n) is 11.2. The molecule has 8 atom stereocenters. The number of carbonyl (C=O) groups is 2. The second kappa shape index (κ2) is 9.37. The largest absolute Gasteiger partial charge is 0.459 e. The average Bonchev–Trinajstić information content (AvgIpc) is 3.49. The lowest BCUT2D eigenvalue weighted by Crippen LogP contribution is -2.61. The van der Waals surface area contributed by atoms with E-state index >= 15 is 0 Å². The molecule has 5 aliphatic rings. The molecule has 6 heteroatoms. The lowest BCUT2D eigenvalue weighted by molar-refractivity contribution is -0.252. The molecule has 0 spiro atoms. The minimum atomic E-state index is -0.668. The molecule has 1 aliphatic heterocycles. The van der Waals surface area contributed by atoms with Gasteiger partial charge in [-0.05, 0) is 100 Å². The smallest absolute Gasteiger partial charge is 0.338 e. The van der Waals surface area contributed by atoms with Crippen molar-refractivity contribution in [3.8, 4) is 0 Å². The van der Waals surface area contributed by atoms with Crippen molar-refractivity contribution in [3.05, 3.63) is 35.9 Å². The van der Waals surface area contributed by atoms with E-state index in [1.54, 1.807) is 6.92 Å². The molecular formula is C31H42O6. The van der Waals surface area contributed by atoms with Gasteiger partial charge < -0.3 is 18.9 Å². The van der Waals surface area contributed by atoms with E-state index in [2.05, 4.69) is 13.8 Å². The monoisotopic (exact) mass is 510 g/mol. The van der Waals surface area contributed by atoms with Crippen molar-refractivity contribution >= 4 is 11.9 Å². The van der Waals surface area contributed by atoms with Gasteiger partial charge in [-0.25, -0.2) is 4.79 Å². The normalized spacial score (nSPS) is 42.2. The van der Waals surface area contributed by atoms with Crippen molar-refractivity contribution in [2.45, 2.75) is 96.1 Å². The molecule has 0 N–H and O–H groups in total. The van der Waals surface area contributed by atoms with Gasteiger partial charge in [0.25, 0.3) is 0 Å². The predicted octanol–water partition coefficient (Wildman–Crippen LogP) is 5.93. The number of benzene rings is 1. The molecule has 8 unspecified atom stereocenters. The molecule has 5 fully saturated rings. The summed E-state index contributed by atoms with van der Waals surface area (Å²) in [5, 5.41) is 0. The van der Waals surface area contributed by atoms with Crippen LogP contribution in [0.1, 0.15) is 88.9 Å². The van der Waals surface area contributed by atoms with E-state index in [0.717, 1.165) is 57.8 Å². The highest BCUT2D eigenvalue weighted by molar-refractivity contribution is 5.89.